The van der Waals surface area contributed by atoms with Crippen LogP contribution in [-0.4, -0.2) is 80.8 Å². The Balaban J connectivity index is 1.08. The van der Waals surface area contributed by atoms with E-state index in [4.69, 9.17) is 5.73 Å². The third kappa shape index (κ3) is 8.80. The Morgan fingerprint density at radius 2 is 1.46 bits per heavy atom. The van der Waals surface area contributed by atoms with Gasteiger partial charge in [-0.1, -0.05) is 18.2 Å². The second-order valence-electron chi connectivity index (χ2n) is 12.8. The normalized spacial score (nSPS) is 15.2. The number of anilines is 3. The molecule has 1 saturated heterocycles. The van der Waals surface area contributed by atoms with Gasteiger partial charge in [-0.05, 0) is 70.6 Å². The lowest BCUT2D eigenvalue weighted by Gasteiger charge is -2.37. The van der Waals surface area contributed by atoms with E-state index in [-0.39, 0.29) is 5.69 Å². The first-order valence-electron chi connectivity index (χ1n) is 16.8. The van der Waals surface area contributed by atoms with E-state index in [0.717, 1.165) is 40.6 Å². The van der Waals surface area contributed by atoms with Gasteiger partial charge in [-0.25, -0.2) is 18.3 Å². The van der Waals surface area contributed by atoms with Crippen LogP contribution in [0, 0.1) is 11.6 Å². The van der Waals surface area contributed by atoms with Crippen molar-refractivity contribution < 1.29 is 50.2 Å². The number of hydrogen-bond donors (Lipinski definition) is 3. The van der Waals surface area contributed by atoms with E-state index in [0.29, 0.717) is 43.4 Å². The van der Waals surface area contributed by atoms with Crippen molar-refractivity contribution in [2.24, 2.45) is 5.73 Å². The number of nitrogens with one attached hydrogen (secondary N) is 1. The number of amides is 2. The van der Waals surface area contributed by atoms with Crippen LogP contribution < -0.4 is 20.9 Å². The van der Waals surface area contributed by atoms with Crippen molar-refractivity contribution in [2.45, 2.75) is 36.8 Å². The van der Waals surface area contributed by atoms with Crippen molar-refractivity contribution in [2.75, 3.05) is 41.3 Å². The van der Waals surface area contributed by atoms with Crippen LogP contribution in [0.25, 0.3) is 11.1 Å². The molecule has 1 aliphatic rings. The highest BCUT2D eigenvalue weighted by Crippen LogP contribution is 2.47. The van der Waals surface area contributed by atoms with Crippen LogP contribution in [0.2, 0.25) is 0 Å². The van der Waals surface area contributed by atoms with Crippen LogP contribution in [0.5, 0.6) is 0 Å². The largest absolute Gasteiger partial charge is 0.436 e. The number of rotatable bonds is 12. The summed E-state index contributed by atoms with van der Waals surface area (Å²) in [6.45, 7) is 1.47. The fraction of sp³-hybridized carbons (Fsp3) is 0.278. The Morgan fingerprint density at radius 3 is 1.98 bits per heavy atom. The molecule has 2 amide bonds. The number of nitrogens with zero attached hydrogens (tertiary/aromatic N) is 7. The van der Waals surface area contributed by atoms with Gasteiger partial charge < -0.3 is 30.7 Å². The van der Waals surface area contributed by atoms with Gasteiger partial charge in [0.15, 0.2) is 11.7 Å². The first-order chi connectivity index (χ1) is 26.5. The van der Waals surface area contributed by atoms with E-state index >= 15 is 8.78 Å². The highest BCUT2D eigenvalue weighted by molar-refractivity contribution is 5.95. The molecule has 0 saturated carbocycles. The molecular formula is C36H32F7N9O4. The third-order valence-electron chi connectivity index (χ3n) is 9.08. The fourth-order valence-corrected chi connectivity index (χ4v) is 6.23. The Labute approximate surface area is 313 Å². The number of benzene rings is 3. The average molecular weight is 788 g/mol. The number of aliphatic hydroxyl groups is 1. The number of ether oxygens (including phenoxy) is 1. The summed E-state index contributed by atoms with van der Waals surface area (Å²) in [5, 5.41) is 24.0. The number of alkyl halides is 5. The van der Waals surface area contributed by atoms with Gasteiger partial charge in [0.1, 0.15) is 23.7 Å². The van der Waals surface area contributed by atoms with Crippen LogP contribution in [-0.2, 0) is 27.6 Å². The monoisotopic (exact) mass is 787 g/mol. The molecule has 0 aliphatic carbocycles. The topological polar surface area (TPSA) is 165 Å². The molecule has 2 aromatic heterocycles. The minimum absolute atomic E-state index is 0.194. The quantitative estimate of drug-likeness (QED) is 0.140. The summed E-state index contributed by atoms with van der Waals surface area (Å²) in [4.78, 5) is 31.5. The molecule has 0 bridgehead atoms. The first kappa shape index (κ1) is 39.4. The van der Waals surface area contributed by atoms with Gasteiger partial charge >= 0.3 is 18.2 Å². The molecule has 3 aromatic carbocycles. The summed E-state index contributed by atoms with van der Waals surface area (Å²) in [6, 6.07) is 18.0. The number of halogens is 7. The van der Waals surface area contributed by atoms with Crippen molar-refractivity contribution in [1.82, 2.24) is 25.2 Å². The molecule has 2 atom stereocenters. The van der Waals surface area contributed by atoms with Crippen LogP contribution in [0.1, 0.15) is 17.7 Å². The number of piperazine rings is 1. The zero-order chi connectivity index (χ0) is 40.3. The molecule has 294 valence electrons. The third-order valence-corrected chi connectivity index (χ3v) is 9.08. The molecule has 5 aromatic rings. The van der Waals surface area contributed by atoms with Crippen molar-refractivity contribution in [3.05, 3.63) is 114 Å². The Morgan fingerprint density at radius 1 is 0.857 bits per heavy atom. The number of carbonyl (C=O) groups excluding carboxylic acids is 2. The molecule has 0 spiro atoms. The van der Waals surface area contributed by atoms with E-state index in [1.165, 1.54) is 24.4 Å². The van der Waals surface area contributed by atoms with Gasteiger partial charge in [-0.3, -0.25) is 9.78 Å². The van der Waals surface area contributed by atoms with Gasteiger partial charge in [0.05, 0.1) is 13.0 Å². The highest BCUT2D eigenvalue weighted by atomic mass is 19.4. The number of hydrogen-bond acceptors (Lipinski definition) is 10. The maximum absolute atomic E-state index is 16.1. The number of tetrazole rings is 1. The van der Waals surface area contributed by atoms with Gasteiger partial charge in [0.2, 0.25) is 0 Å². The van der Waals surface area contributed by atoms with Gasteiger partial charge in [0, 0.05) is 66.6 Å². The summed E-state index contributed by atoms with van der Waals surface area (Å²) in [7, 11) is 0. The number of pyridine rings is 1. The van der Waals surface area contributed by atoms with Crippen molar-refractivity contribution in [3.63, 3.8) is 0 Å². The lowest BCUT2D eigenvalue weighted by Crippen LogP contribution is -2.48. The highest BCUT2D eigenvalue weighted by Gasteiger charge is 2.58. The smallest absolute Gasteiger partial charge is 0.405 e. The molecule has 0 radical (unpaired) electrons. The number of aromatic nitrogens is 5. The molecule has 20 heteroatoms. The number of nitrogens with two attached hydrogens (primary N) is 1. The molecule has 6 rings (SSSR count). The molecule has 2 unspecified atom stereocenters. The van der Waals surface area contributed by atoms with Crippen LogP contribution in [0.4, 0.5) is 52.6 Å². The minimum Gasteiger partial charge on any atom is -0.436 e. The first-order valence-corrected chi connectivity index (χ1v) is 16.8. The molecule has 1 aliphatic heterocycles. The molecule has 56 heavy (non-hydrogen) atoms. The Hall–Kier alpha value is -6.31. The summed E-state index contributed by atoms with van der Waals surface area (Å²) < 4.78 is 104. The molecule has 4 N–H and O–H groups in total. The summed E-state index contributed by atoms with van der Waals surface area (Å²) in [5.74, 6) is -7.79. The van der Waals surface area contributed by atoms with Crippen molar-refractivity contribution >= 4 is 29.1 Å². The minimum atomic E-state index is -4.77. The molecule has 13 nitrogen and oxygen atoms in total. The van der Waals surface area contributed by atoms with E-state index in [1.54, 1.807) is 24.3 Å². The summed E-state index contributed by atoms with van der Waals surface area (Å²) in [6.07, 6.45) is -7.96. The Bertz CT molecular complexity index is 2130. The Kier molecular flexibility index (Phi) is 11.1. The van der Waals surface area contributed by atoms with E-state index in [2.05, 4.69) is 40.4 Å². The zero-order valence-electron chi connectivity index (χ0n) is 29.0. The predicted octanol–water partition coefficient (Wildman–Crippen LogP) is 5.37. The summed E-state index contributed by atoms with van der Waals surface area (Å²) in [5.41, 5.74) is 2.82. The maximum Gasteiger partial charge on any atom is 0.405 e. The van der Waals surface area contributed by atoms with Gasteiger partial charge in [-0.2, -0.15) is 22.0 Å². The fourth-order valence-electron chi connectivity index (χ4n) is 6.23. The zero-order valence-corrected chi connectivity index (χ0v) is 29.0. The van der Waals surface area contributed by atoms with Crippen LogP contribution in [0.15, 0.2) is 91.4 Å². The molecule has 1 fully saturated rings. The summed E-state index contributed by atoms with van der Waals surface area (Å²) >= 11 is 0. The maximum atomic E-state index is 16.1. The van der Waals surface area contributed by atoms with E-state index in [9.17, 15) is 36.6 Å². The van der Waals surface area contributed by atoms with E-state index in [1.807, 2.05) is 12.1 Å². The van der Waals surface area contributed by atoms with Crippen molar-refractivity contribution in [1.29, 1.82) is 0 Å². The van der Waals surface area contributed by atoms with Crippen LogP contribution >= 0.6 is 0 Å². The van der Waals surface area contributed by atoms with Gasteiger partial charge in [-0.15, -0.1) is 5.10 Å². The molecule has 3 heterocycles. The standard InChI is InChI=1S/C36H32F7N9O4/c37-24-4-11-28(29(38)17-24)34(55,20-52-21-46-48-49-52)36(42,43)31-12-3-23(19-45-31)22-1-7-26(8-2-22)50-13-15-51(16-14-50)27-9-5-25(6-10-27)47-32(53)30(56-33(44)54)18-35(39,40)41/h1-12,17,19,21,30,55H,13-16,18,20H2,(H2,44,54)(H,47,53). The van der Waals surface area contributed by atoms with Crippen molar-refractivity contribution in [3.8, 4) is 11.1 Å². The molecular weight excluding hydrogens is 755 g/mol. The number of primary amides is 1. The van der Waals surface area contributed by atoms with E-state index < -0.39 is 71.7 Å². The predicted molar refractivity (Wildman–Crippen MR) is 186 cm³/mol. The second kappa shape index (κ2) is 15.8. The second-order valence-corrected chi connectivity index (χ2v) is 12.8. The lowest BCUT2D eigenvalue weighted by atomic mass is 9.84. The number of carbonyl (C=O) groups is 2. The van der Waals surface area contributed by atoms with Gasteiger partial charge in [0.25, 0.3) is 5.91 Å². The van der Waals surface area contributed by atoms with Crippen LogP contribution in [0.3, 0.4) is 0 Å². The SMILES string of the molecule is NC(=O)OC(CC(F)(F)F)C(=O)Nc1ccc(N2CCN(c3ccc(-c4ccc(C(F)(F)C(O)(Cn5cnnn5)c5ccc(F)cc5F)nc4)cc3)CC2)cc1. The average Bonchev–Trinajstić information content (AvgIpc) is 3.67. The lowest BCUT2D eigenvalue weighted by molar-refractivity contribution is -0.207.